The zero-order valence-electron chi connectivity index (χ0n) is 10.6. The first-order valence-corrected chi connectivity index (χ1v) is 6.94. The number of benzene rings is 2. The largest absolute Gasteiger partial charge is 0.465 e. The summed E-state index contributed by atoms with van der Waals surface area (Å²) in [6.45, 7) is 0. The van der Waals surface area contributed by atoms with Crippen molar-refractivity contribution in [2.45, 2.75) is 12.8 Å². The standard InChI is InChI=1S/C16H13BrO2/c1-19-16(18)12-3-2-10-7-14-9-15(17)5-4-11(14)6-13(10)8-12/h2-5,8-9H,6-7H2,1H3. The molecule has 0 bridgehead atoms. The number of esters is 1. The molecular weight excluding hydrogens is 304 g/mol. The number of halogens is 1. The summed E-state index contributed by atoms with van der Waals surface area (Å²) in [6, 6.07) is 12.2. The summed E-state index contributed by atoms with van der Waals surface area (Å²) >= 11 is 3.51. The van der Waals surface area contributed by atoms with Gasteiger partial charge in [0.15, 0.2) is 0 Å². The Hall–Kier alpha value is -1.61. The molecule has 2 aromatic carbocycles. The molecule has 0 unspecified atom stereocenters. The third-order valence-corrected chi connectivity index (χ3v) is 4.05. The van der Waals surface area contributed by atoms with E-state index in [-0.39, 0.29) is 5.97 Å². The van der Waals surface area contributed by atoms with Gasteiger partial charge in [-0.3, -0.25) is 0 Å². The van der Waals surface area contributed by atoms with Gasteiger partial charge >= 0.3 is 5.97 Å². The van der Waals surface area contributed by atoms with Crippen LogP contribution in [0.4, 0.5) is 0 Å². The minimum atomic E-state index is -0.274. The molecule has 0 fully saturated rings. The number of hydrogen-bond acceptors (Lipinski definition) is 2. The Bertz CT molecular complexity index is 662. The third-order valence-electron chi connectivity index (χ3n) is 3.56. The SMILES string of the molecule is COC(=O)c1ccc2c(c1)Cc1ccc(Br)cc1C2. The van der Waals surface area contributed by atoms with E-state index in [1.54, 1.807) is 0 Å². The minimum absolute atomic E-state index is 0.274. The van der Waals surface area contributed by atoms with Crippen molar-refractivity contribution in [2.75, 3.05) is 7.11 Å². The van der Waals surface area contributed by atoms with E-state index in [1.165, 1.54) is 29.4 Å². The minimum Gasteiger partial charge on any atom is -0.465 e. The summed E-state index contributed by atoms with van der Waals surface area (Å²) in [5, 5.41) is 0. The van der Waals surface area contributed by atoms with Crippen LogP contribution in [0.15, 0.2) is 40.9 Å². The van der Waals surface area contributed by atoms with Gasteiger partial charge in [-0.25, -0.2) is 4.79 Å². The quantitative estimate of drug-likeness (QED) is 0.639. The Morgan fingerprint density at radius 2 is 1.63 bits per heavy atom. The molecule has 0 amide bonds. The van der Waals surface area contributed by atoms with Crippen LogP contribution in [0.1, 0.15) is 32.6 Å². The van der Waals surface area contributed by atoms with Crippen LogP contribution in [0.25, 0.3) is 0 Å². The predicted molar refractivity (Wildman–Crippen MR) is 77.5 cm³/mol. The average Bonchev–Trinajstić information content (AvgIpc) is 2.43. The van der Waals surface area contributed by atoms with Gasteiger partial charge in [0.25, 0.3) is 0 Å². The number of hydrogen-bond donors (Lipinski definition) is 0. The Labute approximate surface area is 120 Å². The molecule has 1 aliphatic rings. The van der Waals surface area contributed by atoms with Gasteiger partial charge in [-0.2, -0.15) is 0 Å². The molecule has 0 spiro atoms. The highest BCUT2D eigenvalue weighted by atomic mass is 79.9. The molecule has 2 nitrogen and oxygen atoms in total. The second-order valence-corrected chi connectivity index (χ2v) is 5.66. The number of fused-ring (bicyclic) bond motifs is 2. The van der Waals surface area contributed by atoms with Gasteiger partial charge in [0.2, 0.25) is 0 Å². The van der Waals surface area contributed by atoms with Gasteiger partial charge in [-0.1, -0.05) is 28.1 Å². The lowest BCUT2D eigenvalue weighted by molar-refractivity contribution is 0.0600. The van der Waals surface area contributed by atoms with Crippen molar-refractivity contribution < 1.29 is 9.53 Å². The van der Waals surface area contributed by atoms with E-state index in [0.29, 0.717) is 5.56 Å². The lowest BCUT2D eigenvalue weighted by Crippen LogP contribution is -2.10. The number of carbonyl (C=O) groups is 1. The van der Waals surface area contributed by atoms with Crippen molar-refractivity contribution >= 4 is 21.9 Å². The summed E-state index contributed by atoms with van der Waals surface area (Å²) < 4.78 is 5.88. The fourth-order valence-electron chi connectivity index (χ4n) is 2.55. The second-order valence-electron chi connectivity index (χ2n) is 4.74. The second kappa shape index (κ2) is 4.82. The van der Waals surface area contributed by atoms with Crippen molar-refractivity contribution in [3.05, 3.63) is 68.7 Å². The molecule has 3 rings (SSSR count). The zero-order valence-corrected chi connectivity index (χ0v) is 12.2. The summed E-state index contributed by atoms with van der Waals surface area (Å²) in [5.41, 5.74) is 5.82. The van der Waals surface area contributed by atoms with Crippen molar-refractivity contribution in [2.24, 2.45) is 0 Å². The number of methoxy groups -OCH3 is 1. The smallest absolute Gasteiger partial charge is 0.337 e. The lowest BCUT2D eigenvalue weighted by atomic mass is 9.85. The van der Waals surface area contributed by atoms with E-state index in [2.05, 4.69) is 34.1 Å². The van der Waals surface area contributed by atoms with Crippen LogP contribution in [-0.4, -0.2) is 13.1 Å². The van der Waals surface area contributed by atoms with Gasteiger partial charge in [0.05, 0.1) is 12.7 Å². The maximum absolute atomic E-state index is 11.6. The van der Waals surface area contributed by atoms with E-state index in [0.717, 1.165) is 17.3 Å². The normalized spacial score (nSPS) is 12.5. The molecule has 96 valence electrons. The summed E-state index contributed by atoms with van der Waals surface area (Å²) in [4.78, 5) is 11.6. The van der Waals surface area contributed by atoms with E-state index in [1.807, 2.05) is 18.2 Å². The molecule has 0 saturated heterocycles. The van der Waals surface area contributed by atoms with Crippen molar-refractivity contribution in [1.82, 2.24) is 0 Å². The van der Waals surface area contributed by atoms with Crippen LogP contribution < -0.4 is 0 Å². The number of carbonyl (C=O) groups excluding carboxylic acids is 1. The topological polar surface area (TPSA) is 26.3 Å². The van der Waals surface area contributed by atoms with Gasteiger partial charge in [0, 0.05) is 4.47 Å². The monoisotopic (exact) mass is 316 g/mol. The fraction of sp³-hybridized carbons (Fsp3) is 0.188. The summed E-state index contributed by atoms with van der Waals surface area (Å²) in [7, 11) is 1.41. The average molecular weight is 317 g/mol. The predicted octanol–water partition coefficient (Wildman–Crippen LogP) is 3.73. The first kappa shape index (κ1) is 12.4. The molecule has 0 atom stereocenters. The molecular formula is C16H13BrO2. The molecule has 0 heterocycles. The first-order valence-electron chi connectivity index (χ1n) is 6.15. The molecule has 0 aliphatic heterocycles. The highest BCUT2D eigenvalue weighted by Gasteiger charge is 2.17. The van der Waals surface area contributed by atoms with Crippen LogP contribution >= 0.6 is 15.9 Å². The summed E-state index contributed by atoms with van der Waals surface area (Å²) in [6.07, 6.45) is 1.80. The Kier molecular flexibility index (Phi) is 3.15. The molecule has 0 saturated carbocycles. The molecule has 19 heavy (non-hydrogen) atoms. The molecule has 0 radical (unpaired) electrons. The zero-order chi connectivity index (χ0) is 13.4. The Morgan fingerprint density at radius 1 is 1.00 bits per heavy atom. The van der Waals surface area contributed by atoms with Gasteiger partial charge in [-0.05, 0) is 59.4 Å². The maximum Gasteiger partial charge on any atom is 0.337 e. The van der Waals surface area contributed by atoms with Crippen molar-refractivity contribution in [1.29, 1.82) is 0 Å². The van der Waals surface area contributed by atoms with E-state index >= 15 is 0 Å². The molecule has 1 aliphatic carbocycles. The Balaban J connectivity index is 2.00. The summed E-state index contributed by atoms with van der Waals surface area (Å²) in [5.74, 6) is -0.274. The number of rotatable bonds is 1. The number of ether oxygens (including phenoxy) is 1. The van der Waals surface area contributed by atoms with Crippen LogP contribution in [0.2, 0.25) is 0 Å². The maximum atomic E-state index is 11.6. The molecule has 2 aromatic rings. The fourth-order valence-corrected chi connectivity index (χ4v) is 2.96. The van der Waals surface area contributed by atoms with Crippen LogP contribution in [0, 0.1) is 0 Å². The molecule has 0 aromatic heterocycles. The van der Waals surface area contributed by atoms with E-state index < -0.39 is 0 Å². The van der Waals surface area contributed by atoms with Crippen LogP contribution in [-0.2, 0) is 17.6 Å². The van der Waals surface area contributed by atoms with Gasteiger partial charge in [0.1, 0.15) is 0 Å². The molecule has 3 heteroatoms. The van der Waals surface area contributed by atoms with Gasteiger partial charge in [-0.15, -0.1) is 0 Å². The highest BCUT2D eigenvalue weighted by Crippen LogP contribution is 2.29. The first-order chi connectivity index (χ1) is 9.17. The lowest BCUT2D eigenvalue weighted by Gasteiger charge is -2.20. The Morgan fingerprint density at radius 3 is 2.32 bits per heavy atom. The van der Waals surface area contributed by atoms with E-state index in [4.69, 9.17) is 4.74 Å². The van der Waals surface area contributed by atoms with Crippen LogP contribution in [0.5, 0.6) is 0 Å². The van der Waals surface area contributed by atoms with E-state index in [9.17, 15) is 4.79 Å². The third kappa shape index (κ3) is 2.30. The van der Waals surface area contributed by atoms with Gasteiger partial charge < -0.3 is 4.74 Å². The van der Waals surface area contributed by atoms with Crippen LogP contribution in [0.3, 0.4) is 0 Å². The molecule has 0 N–H and O–H groups in total. The van der Waals surface area contributed by atoms with Crippen molar-refractivity contribution in [3.8, 4) is 0 Å². The van der Waals surface area contributed by atoms with Crippen molar-refractivity contribution in [3.63, 3.8) is 0 Å². The highest BCUT2D eigenvalue weighted by molar-refractivity contribution is 9.10.